The second kappa shape index (κ2) is 2.97. The van der Waals surface area contributed by atoms with E-state index in [1.807, 2.05) is 0 Å². The van der Waals surface area contributed by atoms with Gasteiger partial charge in [0.15, 0.2) is 0 Å². The minimum Gasteiger partial charge on any atom is -0.393 e. The molecule has 0 heterocycles. The van der Waals surface area contributed by atoms with Gasteiger partial charge in [0.1, 0.15) is 6.17 Å². The van der Waals surface area contributed by atoms with Gasteiger partial charge in [-0.25, -0.2) is 4.39 Å². The van der Waals surface area contributed by atoms with E-state index in [9.17, 15) is 4.39 Å². The number of alkyl halides is 2. The zero-order valence-corrected chi connectivity index (χ0v) is 6.64. The minimum absolute atomic E-state index is 0.124. The summed E-state index contributed by atoms with van der Waals surface area (Å²) in [6, 6.07) is 0. The molecular formula is C6H10BrFO. The number of hydrogen-bond acceptors (Lipinski definition) is 1. The fourth-order valence-electron chi connectivity index (χ4n) is 1.06. The Bertz CT molecular complexity index is 99.1. The van der Waals surface area contributed by atoms with Gasteiger partial charge in [-0.3, -0.25) is 0 Å². The Kier molecular flexibility index (Phi) is 2.47. The van der Waals surface area contributed by atoms with Gasteiger partial charge in [0.05, 0.1) is 6.10 Å². The van der Waals surface area contributed by atoms with Crippen LogP contribution in [0.1, 0.15) is 19.3 Å². The van der Waals surface area contributed by atoms with E-state index in [1.165, 1.54) is 0 Å². The van der Waals surface area contributed by atoms with E-state index in [4.69, 9.17) is 5.11 Å². The third-order valence-electron chi connectivity index (χ3n) is 1.67. The SMILES string of the molecule is OC1CCC(F)C(Br)C1. The highest BCUT2D eigenvalue weighted by Crippen LogP contribution is 2.26. The lowest BCUT2D eigenvalue weighted by Crippen LogP contribution is -2.28. The lowest BCUT2D eigenvalue weighted by atomic mass is 9.96. The maximum Gasteiger partial charge on any atom is 0.113 e. The summed E-state index contributed by atoms with van der Waals surface area (Å²) in [5, 5.41) is 9.00. The summed E-state index contributed by atoms with van der Waals surface area (Å²) in [5.41, 5.74) is 0. The number of rotatable bonds is 0. The zero-order valence-electron chi connectivity index (χ0n) is 5.06. The zero-order chi connectivity index (χ0) is 6.85. The van der Waals surface area contributed by atoms with E-state index in [-0.39, 0.29) is 10.9 Å². The Balaban J connectivity index is 2.35. The molecule has 0 aromatic heterocycles. The smallest absolute Gasteiger partial charge is 0.113 e. The molecule has 1 saturated carbocycles. The molecule has 0 saturated heterocycles. The predicted molar refractivity (Wildman–Crippen MR) is 37.5 cm³/mol. The molecular weight excluding hydrogens is 187 g/mol. The van der Waals surface area contributed by atoms with Crippen molar-refractivity contribution in [2.24, 2.45) is 0 Å². The maximum absolute atomic E-state index is 12.6. The Morgan fingerprint density at radius 3 is 2.56 bits per heavy atom. The van der Waals surface area contributed by atoms with Crippen molar-refractivity contribution in [3.8, 4) is 0 Å². The standard InChI is InChI=1S/C6H10BrFO/c7-5-3-4(9)1-2-6(5)8/h4-6,9H,1-3H2. The van der Waals surface area contributed by atoms with Gasteiger partial charge in [-0.1, -0.05) is 15.9 Å². The first-order valence-electron chi connectivity index (χ1n) is 3.16. The van der Waals surface area contributed by atoms with Crippen molar-refractivity contribution in [3.05, 3.63) is 0 Å². The van der Waals surface area contributed by atoms with Crippen LogP contribution in [0.2, 0.25) is 0 Å². The molecule has 0 aromatic rings. The number of halogens is 2. The molecule has 0 radical (unpaired) electrons. The van der Waals surface area contributed by atoms with Crippen LogP contribution in [0, 0.1) is 0 Å². The molecule has 3 unspecified atom stereocenters. The van der Waals surface area contributed by atoms with Crippen LogP contribution in [0.25, 0.3) is 0 Å². The van der Waals surface area contributed by atoms with E-state index in [0.29, 0.717) is 19.3 Å². The molecule has 1 N–H and O–H groups in total. The van der Waals surface area contributed by atoms with E-state index in [2.05, 4.69) is 15.9 Å². The quantitative estimate of drug-likeness (QED) is 0.585. The van der Waals surface area contributed by atoms with Crippen molar-refractivity contribution in [2.75, 3.05) is 0 Å². The molecule has 9 heavy (non-hydrogen) atoms. The fourth-order valence-corrected chi connectivity index (χ4v) is 1.75. The molecule has 0 aliphatic heterocycles. The van der Waals surface area contributed by atoms with Crippen LogP contribution in [0.3, 0.4) is 0 Å². The highest BCUT2D eigenvalue weighted by atomic mass is 79.9. The summed E-state index contributed by atoms with van der Waals surface area (Å²) >= 11 is 3.16. The van der Waals surface area contributed by atoms with E-state index in [1.54, 1.807) is 0 Å². The molecule has 0 amide bonds. The van der Waals surface area contributed by atoms with E-state index in [0.717, 1.165) is 0 Å². The first-order chi connectivity index (χ1) is 4.20. The van der Waals surface area contributed by atoms with Crippen molar-refractivity contribution in [3.63, 3.8) is 0 Å². The molecule has 1 fully saturated rings. The van der Waals surface area contributed by atoms with Crippen LogP contribution in [0.5, 0.6) is 0 Å². The van der Waals surface area contributed by atoms with E-state index < -0.39 is 6.17 Å². The summed E-state index contributed by atoms with van der Waals surface area (Å²) in [6.45, 7) is 0. The van der Waals surface area contributed by atoms with Gasteiger partial charge < -0.3 is 5.11 Å². The first-order valence-corrected chi connectivity index (χ1v) is 4.08. The highest BCUT2D eigenvalue weighted by molar-refractivity contribution is 9.09. The molecule has 0 aromatic carbocycles. The first kappa shape index (κ1) is 7.48. The van der Waals surface area contributed by atoms with Crippen molar-refractivity contribution in [2.45, 2.75) is 36.4 Å². The van der Waals surface area contributed by atoms with Gasteiger partial charge >= 0.3 is 0 Å². The van der Waals surface area contributed by atoms with Gasteiger partial charge in [-0.2, -0.15) is 0 Å². The number of aliphatic hydroxyl groups is 1. The van der Waals surface area contributed by atoms with Crippen LogP contribution < -0.4 is 0 Å². The van der Waals surface area contributed by atoms with Gasteiger partial charge in [0.2, 0.25) is 0 Å². The van der Waals surface area contributed by atoms with Gasteiger partial charge in [0.25, 0.3) is 0 Å². The van der Waals surface area contributed by atoms with Gasteiger partial charge in [-0.15, -0.1) is 0 Å². The third kappa shape index (κ3) is 1.90. The summed E-state index contributed by atoms with van der Waals surface area (Å²) in [7, 11) is 0. The predicted octanol–water partition coefficient (Wildman–Crippen LogP) is 1.63. The monoisotopic (exact) mass is 196 g/mol. The van der Waals surface area contributed by atoms with Gasteiger partial charge in [-0.05, 0) is 19.3 Å². The molecule has 1 rings (SSSR count). The molecule has 1 nitrogen and oxygen atoms in total. The Morgan fingerprint density at radius 1 is 1.44 bits per heavy atom. The van der Waals surface area contributed by atoms with Crippen LogP contribution in [0.15, 0.2) is 0 Å². The Hall–Kier alpha value is 0.370. The van der Waals surface area contributed by atoms with Crippen molar-refractivity contribution < 1.29 is 9.50 Å². The van der Waals surface area contributed by atoms with Crippen molar-refractivity contribution >= 4 is 15.9 Å². The summed E-state index contributed by atoms with van der Waals surface area (Å²) < 4.78 is 12.6. The largest absolute Gasteiger partial charge is 0.393 e. The maximum atomic E-state index is 12.6. The highest BCUT2D eigenvalue weighted by Gasteiger charge is 2.26. The molecule has 3 heteroatoms. The average Bonchev–Trinajstić information content (AvgIpc) is 1.80. The lowest BCUT2D eigenvalue weighted by Gasteiger charge is -2.24. The average molecular weight is 197 g/mol. The Labute approximate surface area is 62.4 Å². The van der Waals surface area contributed by atoms with Crippen molar-refractivity contribution in [1.29, 1.82) is 0 Å². The van der Waals surface area contributed by atoms with Gasteiger partial charge in [0, 0.05) is 4.83 Å². The topological polar surface area (TPSA) is 20.2 Å². The van der Waals surface area contributed by atoms with Crippen LogP contribution >= 0.6 is 15.9 Å². The molecule has 54 valence electrons. The molecule has 0 bridgehead atoms. The van der Waals surface area contributed by atoms with Crippen molar-refractivity contribution in [1.82, 2.24) is 0 Å². The molecule has 3 atom stereocenters. The fraction of sp³-hybridized carbons (Fsp3) is 1.00. The summed E-state index contributed by atoms with van der Waals surface area (Å²) in [4.78, 5) is -0.124. The van der Waals surface area contributed by atoms with Crippen LogP contribution in [-0.2, 0) is 0 Å². The second-order valence-corrected chi connectivity index (χ2v) is 3.68. The van der Waals surface area contributed by atoms with Crippen LogP contribution in [0.4, 0.5) is 4.39 Å². The molecule has 0 spiro atoms. The second-order valence-electron chi connectivity index (χ2n) is 2.50. The normalized spacial score (nSPS) is 45.0. The third-order valence-corrected chi connectivity index (χ3v) is 2.61. The number of aliphatic hydroxyl groups excluding tert-OH is 1. The number of hydrogen-bond donors (Lipinski definition) is 1. The Morgan fingerprint density at radius 2 is 2.11 bits per heavy atom. The van der Waals surface area contributed by atoms with E-state index >= 15 is 0 Å². The molecule has 1 aliphatic carbocycles. The summed E-state index contributed by atoms with van der Waals surface area (Å²) in [5.74, 6) is 0. The summed E-state index contributed by atoms with van der Waals surface area (Å²) in [6.07, 6.45) is 0.622. The minimum atomic E-state index is -0.756. The lowest BCUT2D eigenvalue weighted by molar-refractivity contribution is 0.1000. The van der Waals surface area contributed by atoms with Crippen LogP contribution in [-0.4, -0.2) is 22.2 Å². The molecule has 1 aliphatic rings.